The van der Waals surface area contributed by atoms with Crippen molar-refractivity contribution in [1.82, 2.24) is 15.6 Å². The highest BCUT2D eigenvalue weighted by atomic mass is 16.3. The highest BCUT2D eigenvalue weighted by Crippen LogP contribution is 2.21. The molecule has 0 aliphatic carbocycles. The Hall–Kier alpha value is -2.44. The zero-order valence-electron chi connectivity index (χ0n) is 12.7. The largest absolute Gasteiger partial charge is 0.397 e. The van der Waals surface area contributed by atoms with E-state index in [1.807, 2.05) is 18.2 Å². The molecule has 0 bridgehead atoms. The molecule has 1 atom stereocenters. The van der Waals surface area contributed by atoms with Crippen LogP contribution in [-0.2, 0) is 0 Å². The van der Waals surface area contributed by atoms with Gasteiger partial charge in [-0.25, -0.2) is 0 Å². The monoisotopic (exact) mass is 312 g/mol. The van der Waals surface area contributed by atoms with Crippen molar-refractivity contribution >= 4 is 11.6 Å². The number of rotatable bonds is 4. The van der Waals surface area contributed by atoms with Crippen LogP contribution in [0.3, 0.4) is 0 Å². The Bertz CT molecular complexity index is 694. The number of aromatic nitrogens is 1. The van der Waals surface area contributed by atoms with Gasteiger partial charge in [0.25, 0.3) is 5.91 Å². The Morgan fingerprint density at radius 2 is 2.09 bits per heavy atom. The average molecular weight is 312 g/mol. The van der Waals surface area contributed by atoms with Gasteiger partial charge in [0.15, 0.2) is 0 Å². The van der Waals surface area contributed by atoms with E-state index in [9.17, 15) is 9.90 Å². The number of nitrogens with zero attached hydrogens (tertiary/aromatic N) is 1. The van der Waals surface area contributed by atoms with Gasteiger partial charge < -0.3 is 21.5 Å². The fraction of sp³-hybridized carbons (Fsp3) is 0.294. The van der Waals surface area contributed by atoms with E-state index in [2.05, 4.69) is 15.6 Å². The summed E-state index contributed by atoms with van der Waals surface area (Å²) in [5, 5.41) is 16.1. The van der Waals surface area contributed by atoms with E-state index in [0.29, 0.717) is 24.2 Å². The van der Waals surface area contributed by atoms with Crippen LogP contribution in [0.1, 0.15) is 16.8 Å². The van der Waals surface area contributed by atoms with Crippen molar-refractivity contribution in [3.63, 3.8) is 0 Å². The number of hydrogen-bond donors (Lipinski definition) is 4. The molecular formula is C17H20N4O2. The number of carbonyl (C=O) groups excluding carboxylic acids is 1. The molecular weight excluding hydrogens is 292 g/mol. The van der Waals surface area contributed by atoms with E-state index in [1.165, 1.54) is 0 Å². The normalized spacial score (nSPS) is 20.4. The molecule has 1 amide bonds. The fourth-order valence-electron chi connectivity index (χ4n) is 2.66. The second-order valence-corrected chi connectivity index (χ2v) is 5.92. The van der Waals surface area contributed by atoms with Gasteiger partial charge in [-0.2, -0.15) is 0 Å². The molecule has 6 nitrogen and oxygen atoms in total. The molecule has 2 aromatic rings. The van der Waals surface area contributed by atoms with Gasteiger partial charge >= 0.3 is 0 Å². The maximum Gasteiger partial charge on any atom is 0.251 e. The molecule has 5 N–H and O–H groups in total. The standard InChI is InChI=1S/C17H20N4O2/c18-15-7-14(8-20-9-15)12-1-3-13(4-2-12)16(22)21-11-17(23)5-6-19-10-17/h1-4,7-9,19,23H,5-6,10-11,18H2,(H,21,22). The van der Waals surface area contributed by atoms with Crippen LogP contribution >= 0.6 is 0 Å². The quantitative estimate of drug-likeness (QED) is 0.669. The Kier molecular flexibility index (Phi) is 4.27. The summed E-state index contributed by atoms with van der Waals surface area (Å²) in [5.41, 5.74) is 7.89. The zero-order chi connectivity index (χ0) is 16.3. The maximum atomic E-state index is 12.2. The van der Waals surface area contributed by atoms with Gasteiger partial charge in [0, 0.05) is 36.6 Å². The van der Waals surface area contributed by atoms with Gasteiger partial charge in [-0.15, -0.1) is 0 Å². The van der Waals surface area contributed by atoms with Crippen molar-refractivity contribution in [3.8, 4) is 11.1 Å². The molecule has 1 aliphatic heterocycles. The first-order valence-electron chi connectivity index (χ1n) is 7.58. The minimum atomic E-state index is -0.844. The van der Waals surface area contributed by atoms with Gasteiger partial charge in [-0.1, -0.05) is 12.1 Å². The van der Waals surface area contributed by atoms with Crippen LogP contribution in [0.2, 0.25) is 0 Å². The highest BCUT2D eigenvalue weighted by Gasteiger charge is 2.31. The topological polar surface area (TPSA) is 100 Å². The van der Waals surface area contributed by atoms with Crippen LogP contribution in [0.15, 0.2) is 42.7 Å². The third kappa shape index (κ3) is 3.67. The van der Waals surface area contributed by atoms with E-state index in [-0.39, 0.29) is 12.5 Å². The third-order valence-electron chi connectivity index (χ3n) is 4.04. The molecule has 1 aromatic carbocycles. The van der Waals surface area contributed by atoms with E-state index >= 15 is 0 Å². The minimum absolute atomic E-state index is 0.192. The Morgan fingerprint density at radius 1 is 1.30 bits per heavy atom. The Morgan fingerprint density at radius 3 is 2.74 bits per heavy atom. The zero-order valence-corrected chi connectivity index (χ0v) is 12.7. The van der Waals surface area contributed by atoms with E-state index < -0.39 is 5.60 Å². The number of anilines is 1. The number of nitrogens with one attached hydrogen (secondary N) is 2. The number of nitrogens with two attached hydrogens (primary N) is 1. The summed E-state index contributed by atoms with van der Waals surface area (Å²) in [4.78, 5) is 16.2. The van der Waals surface area contributed by atoms with Gasteiger partial charge in [0.2, 0.25) is 0 Å². The maximum absolute atomic E-state index is 12.2. The summed E-state index contributed by atoms with van der Waals surface area (Å²) in [7, 11) is 0. The molecule has 1 aromatic heterocycles. The van der Waals surface area contributed by atoms with Crippen molar-refractivity contribution in [1.29, 1.82) is 0 Å². The van der Waals surface area contributed by atoms with Gasteiger partial charge in [-0.05, 0) is 36.7 Å². The van der Waals surface area contributed by atoms with Crippen LogP contribution in [0.5, 0.6) is 0 Å². The predicted octanol–water partition coefficient (Wildman–Crippen LogP) is 0.785. The van der Waals surface area contributed by atoms with Crippen molar-refractivity contribution in [2.45, 2.75) is 12.0 Å². The lowest BCUT2D eigenvalue weighted by Gasteiger charge is -2.21. The third-order valence-corrected chi connectivity index (χ3v) is 4.04. The SMILES string of the molecule is Nc1cncc(-c2ccc(C(=O)NCC3(O)CCNC3)cc2)c1. The molecule has 1 unspecified atom stereocenters. The molecule has 1 saturated heterocycles. The molecule has 23 heavy (non-hydrogen) atoms. The summed E-state index contributed by atoms with van der Waals surface area (Å²) in [5.74, 6) is -0.192. The van der Waals surface area contributed by atoms with Gasteiger partial charge in [0.05, 0.1) is 11.3 Å². The van der Waals surface area contributed by atoms with E-state index in [1.54, 1.807) is 24.5 Å². The number of β-amino-alcohol motifs (C(OH)–C–C–N with tert-alkyl or cyclic N) is 1. The fourth-order valence-corrected chi connectivity index (χ4v) is 2.66. The number of hydrogen-bond acceptors (Lipinski definition) is 5. The van der Waals surface area contributed by atoms with E-state index in [0.717, 1.165) is 17.7 Å². The highest BCUT2D eigenvalue weighted by molar-refractivity contribution is 5.94. The molecule has 0 spiro atoms. The van der Waals surface area contributed by atoms with Crippen LogP contribution in [-0.4, -0.2) is 41.2 Å². The predicted molar refractivity (Wildman–Crippen MR) is 88.9 cm³/mol. The molecule has 0 radical (unpaired) electrons. The molecule has 1 aliphatic rings. The van der Waals surface area contributed by atoms with E-state index in [4.69, 9.17) is 5.73 Å². The number of benzene rings is 1. The Labute approximate surface area is 134 Å². The minimum Gasteiger partial charge on any atom is -0.397 e. The second-order valence-electron chi connectivity index (χ2n) is 5.92. The van der Waals surface area contributed by atoms with Crippen molar-refractivity contribution in [2.75, 3.05) is 25.4 Å². The van der Waals surface area contributed by atoms with Gasteiger partial charge in [-0.3, -0.25) is 9.78 Å². The summed E-state index contributed by atoms with van der Waals surface area (Å²) in [6.07, 6.45) is 3.97. The number of carbonyl (C=O) groups is 1. The Balaban J connectivity index is 1.65. The first-order valence-corrected chi connectivity index (χ1v) is 7.58. The summed E-state index contributed by atoms with van der Waals surface area (Å²) in [6, 6.07) is 9.06. The lowest BCUT2D eigenvalue weighted by atomic mass is 10.0. The lowest BCUT2D eigenvalue weighted by molar-refractivity contribution is 0.0562. The van der Waals surface area contributed by atoms with Crippen molar-refractivity contribution in [2.24, 2.45) is 0 Å². The lowest BCUT2D eigenvalue weighted by Crippen LogP contribution is -2.44. The van der Waals surface area contributed by atoms with Crippen LogP contribution < -0.4 is 16.4 Å². The summed E-state index contributed by atoms with van der Waals surface area (Å²) < 4.78 is 0. The molecule has 1 fully saturated rings. The smallest absolute Gasteiger partial charge is 0.251 e. The molecule has 120 valence electrons. The number of aliphatic hydroxyl groups is 1. The van der Waals surface area contributed by atoms with Gasteiger partial charge in [0.1, 0.15) is 0 Å². The summed E-state index contributed by atoms with van der Waals surface area (Å²) >= 11 is 0. The van der Waals surface area contributed by atoms with Crippen molar-refractivity contribution in [3.05, 3.63) is 48.3 Å². The van der Waals surface area contributed by atoms with Crippen LogP contribution in [0.25, 0.3) is 11.1 Å². The average Bonchev–Trinajstić information content (AvgIpc) is 3.00. The van der Waals surface area contributed by atoms with Crippen LogP contribution in [0.4, 0.5) is 5.69 Å². The number of nitrogen functional groups attached to an aromatic ring is 1. The summed E-state index contributed by atoms with van der Waals surface area (Å²) in [6.45, 7) is 1.53. The van der Waals surface area contributed by atoms with Crippen LogP contribution in [0, 0.1) is 0 Å². The number of amides is 1. The molecule has 0 saturated carbocycles. The first kappa shape index (κ1) is 15.5. The molecule has 6 heteroatoms. The van der Waals surface area contributed by atoms with Crippen molar-refractivity contribution < 1.29 is 9.90 Å². The number of pyridine rings is 1. The molecule has 2 heterocycles. The first-order chi connectivity index (χ1) is 11.1. The molecule has 3 rings (SSSR count). The second kappa shape index (κ2) is 6.36.